The van der Waals surface area contributed by atoms with Gasteiger partial charge in [-0.1, -0.05) is 37.3 Å². The third-order valence-electron chi connectivity index (χ3n) is 2.47. The maximum atomic E-state index is 5.42. The van der Waals surface area contributed by atoms with Gasteiger partial charge in [-0.05, 0) is 25.3 Å². The number of hydrogen-bond donors (Lipinski definition) is 1. The van der Waals surface area contributed by atoms with Gasteiger partial charge in [0.15, 0.2) is 0 Å². The van der Waals surface area contributed by atoms with E-state index in [1.54, 1.807) is 0 Å². The molecule has 1 unspecified atom stereocenters. The first-order valence-electron chi connectivity index (χ1n) is 6.18. The molecule has 1 aromatic carbocycles. The van der Waals surface area contributed by atoms with Crippen LogP contribution < -0.4 is 5.32 Å². The molecule has 0 heterocycles. The Morgan fingerprint density at radius 3 is 2.62 bits per heavy atom. The van der Waals surface area contributed by atoms with Gasteiger partial charge in [0, 0.05) is 19.2 Å². The molecule has 0 saturated heterocycles. The highest BCUT2D eigenvalue weighted by atomic mass is 16.5. The van der Waals surface area contributed by atoms with Crippen LogP contribution >= 0.6 is 0 Å². The van der Waals surface area contributed by atoms with Crippen LogP contribution in [0.2, 0.25) is 0 Å². The summed E-state index contributed by atoms with van der Waals surface area (Å²) in [6, 6.07) is 11.1. The van der Waals surface area contributed by atoms with Gasteiger partial charge in [0.05, 0.1) is 6.61 Å². The first-order chi connectivity index (χ1) is 7.83. The van der Waals surface area contributed by atoms with Crippen LogP contribution in [0.15, 0.2) is 30.3 Å². The average molecular weight is 221 g/mol. The fourth-order valence-corrected chi connectivity index (χ4v) is 1.66. The second-order valence-electron chi connectivity index (χ2n) is 4.16. The summed E-state index contributed by atoms with van der Waals surface area (Å²) in [6.45, 7) is 6.97. The van der Waals surface area contributed by atoms with Gasteiger partial charge >= 0.3 is 0 Å². The van der Waals surface area contributed by atoms with Crippen molar-refractivity contribution in [3.63, 3.8) is 0 Å². The zero-order valence-electron chi connectivity index (χ0n) is 10.4. The summed E-state index contributed by atoms with van der Waals surface area (Å²) < 4.78 is 5.42. The standard InChI is InChI=1S/C14H23NO/c1-3-10-16-11-9-15-13(2)12-14-7-5-4-6-8-14/h4-8,13,15H,3,9-12H2,1-2H3. The second kappa shape index (κ2) is 8.31. The summed E-state index contributed by atoms with van der Waals surface area (Å²) in [6.07, 6.45) is 2.17. The lowest BCUT2D eigenvalue weighted by Gasteiger charge is -2.13. The molecule has 90 valence electrons. The highest BCUT2D eigenvalue weighted by Gasteiger charge is 2.01. The van der Waals surface area contributed by atoms with Gasteiger partial charge in [-0.15, -0.1) is 0 Å². The summed E-state index contributed by atoms with van der Waals surface area (Å²) in [5, 5.41) is 3.46. The van der Waals surface area contributed by atoms with E-state index in [0.717, 1.165) is 32.6 Å². The smallest absolute Gasteiger partial charge is 0.0590 e. The lowest BCUT2D eigenvalue weighted by atomic mass is 10.1. The van der Waals surface area contributed by atoms with E-state index in [-0.39, 0.29) is 0 Å². The summed E-state index contributed by atoms with van der Waals surface area (Å²) >= 11 is 0. The highest BCUT2D eigenvalue weighted by molar-refractivity contribution is 5.15. The molecule has 2 nitrogen and oxygen atoms in total. The molecule has 0 radical (unpaired) electrons. The number of rotatable bonds is 8. The molecule has 1 atom stereocenters. The van der Waals surface area contributed by atoms with E-state index >= 15 is 0 Å². The first kappa shape index (κ1) is 13.2. The third kappa shape index (κ3) is 5.89. The Bertz CT molecular complexity index is 261. The minimum absolute atomic E-state index is 0.507. The van der Waals surface area contributed by atoms with Crippen LogP contribution in [0.4, 0.5) is 0 Å². The zero-order valence-corrected chi connectivity index (χ0v) is 10.4. The molecule has 0 aliphatic heterocycles. The lowest BCUT2D eigenvalue weighted by Crippen LogP contribution is -2.31. The molecule has 1 aromatic rings. The largest absolute Gasteiger partial charge is 0.380 e. The molecular formula is C14H23NO. The number of hydrogen-bond acceptors (Lipinski definition) is 2. The van der Waals surface area contributed by atoms with Crippen LogP contribution in [0.1, 0.15) is 25.8 Å². The molecule has 1 N–H and O–H groups in total. The first-order valence-corrected chi connectivity index (χ1v) is 6.18. The molecule has 0 aliphatic rings. The van der Waals surface area contributed by atoms with Crippen molar-refractivity contribution < 1.29 is 4.74 Å². The molecule has 0 bridgehead atoms. The molecule has 0 aliphatic carbocycles. The van der Waals surface area contributed by atoms with Gasteiger partial charge in [0.2, 0.25) is 0 Å². The number of benzene rings is 1. The van der Waals surface area contributed by atoms with Gasteiger partial charge in [-0.25, -0.2) is 0 Å². The SMILES string of the molecule is CCCOCCNC(C)Cc1ccccc1. The van der Waals surface area contributed by atoms with E-state index in [4.69, 9.17) is 4.74 Å². The van der Waals surface area contributed by atoms with Crippen LogP contribution in [-0.2, 0) is 11.2 Å². The Kier molecular flexibility index (Phi) is 6.86. The number of ether oxygens (including phenoxy) is 1. The molecule has 1 rings (SSSR count). The van der Waals surface area contributed by atoms with Crippen LogP contribution in [-0.4, -0.2) is 25.8 Å². The van der Waals surface area contributed by atoms with Crippen LogP contribution in [0.25, 0.3) is 0 Å². The quantitative estimate of drug-likeness (QED) is 0.681. The molecule has 0 spiro atoms. The van der Waals surface area contributed by atoms with Gasteiger partial charge < -0.3 is 10.1 Å². The maximum absolute atomic E-state index is 5.42. The van der Waals surface area contributed by atoms with Crippen LogP contribution in [0.5, 0.6) is 0 Å². The normalized spacial score (nSPS) is 12.6. The highest BCUT2D eigenvalue weighted by Crippen LogP contribution is 2.02. The maximum Gasteiger partial charge on any atom is 0.0590 e. The Morgan fingerprint density at radius 2 is 1.94 bits per heavy atom. The molecular weight excluding hydrogens is 198 g/mol. The third-order valence-corrected chi connectivity index (χ3v) is 2.47. The fraction of sp³-hybridized carbons (Fsp3) is 0.571. The Balaban J connectivity index is 2.09. The van der Waals surface area contributed by atoms with Gasteiger partial charge in [-0.3, -0.25) is 0 Å². The lowest BCUT2D eigenvalue weighted by molar-refractivity contribution is 0.134. The summed E-state index contributed by atoms with van der Waals surface area (Å²) in [5.74, 6) is 0. The zero-order chi connectivity index (χ0) is 11.6. The van der Waals surface area contributed by atoms with E-state index < -0.39 is 0 Å². The Labute approximate surface area is 99.0 Å². The van der Waals surface area contributed by atoms with E-state index in [2.05, 4.69) is 49.5 Å². The predicted molar refractivity (Wildman–Crippen MR) is 68.7 cm³/mol. The van der Waals surface area contributed by atoms with Crippen molar-refractivity contribution in [1.82, 2.24) is 5.32 Å². The predicted octanol–water partition coefficient (Wildman–Crippen LogP) is 2.63. The van der Waals surface area contributed by atoms with Crippen molar-refractivity contribution >= 4 is 0 Å². The van der Waals surface area contributed by atoms with Crippen LogP contribution in [0, 0.1) is 0 Å². The van der Waals surface area contributed by atoms with E-state index in [0.29, 0.717) is 6.04 Å². The van der Waals surface area contributed by atoms with E-state index in [1.807, 2.05) is 0 Å². The molecule has 0 fully saturated rings. The van der Waals surface area contributed by atoms with Gasteiger partial charge in [0.1, 0.15) is 0 Å². The van der Waals surface area contributed by atoms with Crippen LogP contribution in [0.3, 0.4) is 0 Å². The summed E-state index contributed by atoms with van der Waals surface area (Å²) in [4.78, 5) is 0. The minimum Gasteiger partial charge on any atom is -0.380 e. The van der Waals surface area contributed by atoms with Crippen molar-refractivity contribution in [2.45, 2.75) is 32.7 Å². The summed E-state index contributed by atoms with van der Waals surface area (Å²) in [7, 11) is 0. The van der Waals surface area contributed by atoms with Gasteiger partial charge in [0.25, 0.3) is 0 Å². The molecule has 0 amide bonds. The molecule has 2 heteroatoms. The molecule has 0 aromatic heterocycles. The van der Waals surface area contributed by atoms with Crippen molar-refractivity contribution in [2.75, 3.05) is 19.8 Å². The Hall–Kier alpha value is -0.860. The second-order valence-corrected chi connectivity index (χ2v) is 4.16. The van der Waals surface area contributed by atoms with Gasteiger partial charge in [-0.2, -0.15) is 0 Å². The Morgan fingerprint density at radius 1 is 1.19 bits per heavy atom. The minimum atomic E-state index is 0.507. The van der Waals surface area contributed by atoms with E-state index in [9.17, 15) is 0 Å². The number of nitrogens with one attached hydrogen (secondary N) is 1. The topological polar surface area (TPSA) is 21.3 Å². The van der Waals surface area contributed by atoms with Crippen molar-refractivity contribution in [3.05, 3.63) is 35.9 Å². The van der Waals surface area contributed by atoms with Crippen molar-refractivity contribution in [2.24, 2.45) is 0 Å². The average Bonchev–Trinajstić information content (AvgIpc) is 2.30. The summed E-state index contributed by atoms with van der Waals surface area (Å²) in [5.41, 5.74) is 1.39. The molecule has 0 saturated carbocycles. The monoisotopic (exact) mass is 221 g/mol. The van der Waals surface area contributed by atoms with Crippen molar-refractivity contribution in [3.8, 4) is 0 Å². The molecule has 16 heavy (non-hydrogen) atoms. The van der Waals surface area contributed by atoms with E-state index in [1.165, 1.54) is 5.56 Å². The fourth-order valence-electron chi connectivity index (χ4n) is 1.66. The van der Waals surface area contributed by atoms with Crippen molar-refractivity contribution in [1.29, 1.82) is 0 Å².